The van der Waals surface area contributed by atoms with Crippen LogP contribution in [0, 0.1) is 5.92 Å². The molecule has 2 unspecified atom stereocenters. The van der Waals surface area contributed by atoms with E-state index in [9.17, 15) is 28.3 Å². The van der Waals surface area contributed by atoms with Crippen LogP contribution in [-0.2, 0) is 11.3 Å². The Labute approximate surface area is 200 Å². The molecule has 0 aromatic carbocycles. The second kappa shape index (κ2) is 8.46. The van der Waals surface area contributed by atoms with E-state index in [0.29, 0.717) is 24.9 Å². The number of piperidine rings is 1. The van der Waals surface area contributed by atoms with E-state index in [2.05, 4.69) is 10.4 Å². The first-order chi connectivity index (χ1) is 16.6. The van der Waals surface area contributed by atoms with E-state index in [1.807, 2.05) is 13.8 Å². The van der Waals surface area contributed by atoms with Crippen molar-refractivity contribution in [2.24, 2.45) is 5.92 Å². The Kier molecular flexibility index (Phi) is 5.68. The van der Waals surface area contributed by atoms with Crippen LogP contribution in [0.2, 0.25) is 0 Å². The molecule has 2 amide bonds. The maximum atomic E-state index is 13.9. The summed E-state index contributed by atoms with van der Waals surface area (Å²) >= 11 is 0. The Balaban J connectivity index is 1.50. The molecule has 11 heteroatoms. The molecule has 2 aliphatic heterocycles. The minimum atomic E-state index is -2.75. The molecule has 0 spiro atoms. The van der Waals surface area contributed by atoms with Crippen LogP contribution >= 0.6 is 0 Å². The van der Waals surface area contributed by atoms with Crippen LogP contribution in [0.25, 0.3) is 11.7 Å². The normalized spacial score (nSPS) is 23.5. The van der Waals surface area contributed by atoms with Crippen LogP contribution in [0.4, 0.5) is 8.78 Å². The van der Waals surface area contributed by atoms with Gasteiger partial charge >= 0.3 is 0 Å². The highest BCUT2D eigenvalue weighted by Crippen LogP contribution is 2.43. The van der Waals surface area contributed by atoms with Crippen LogP contribution < -0.4 is 10.9 Å². The van der Waals surface area contributed by atoms with Gasteiger partial charge in [-0.05, 0) is 37.7 Å². The minimum absolute atomic E-state index is 0.00250. The zero-order valence-electron chi connectivity index (χ0n) is 19.7. The molecule has 3 fully saturated rings. The van der Waals surface area contributed by atoms with Crippen LogP contribution in [0.15, 0.2) is 17.1 Å². The van der Waals surface area contributed by atoms with Gasteiger partial charge in [0.1, 0.15) is 5.65 Å². The molecule has 188 valence electrons. The number of nitrogens with zero attached hydrogens (tertiary/aromatic N) is 4. The molecule has 2 N–H and O–H groups in total. The Morgan fingerprint density at radius 2 is 1.89 bits per heavy atom. The number of fused-ring (bicyclic) bond motifs is 3. The predicted octanol–water partition coefficient (Wildman–Crippen LogP) is 2.55. The monoisotopic (exact) mass is 489 g/mol. The second-order valence-electron chi connectivity index (χ2n) is 10.3. The van der Waals surface area contributed by atoms with Gasteiger partial charge in [0.2, 0.25) is 11.8 Å². The average Bonchev–Trinajstić information content (AvgIpc) is 3.39. The highest BCUT2D eigenvalue weighted by molar-refractivity contribution is 5.97. The SMILES string of the molecule is CC(C)Cn1c(O)c(C(=O)NC2CC2)c(=O)n2ncc(/C=C/C(=O)N3C4CCC3CC(F)(F)C4)c12. The smallest absolute Gasteiger partial charge is 0.291 e. The molecule has 9 nitrogen and oxygen atoms in total. The van der Waals surface area contributed by atoms with Crippen LogP contribution in [0.1, 0.15) is 68.3 Å². The van der Waals surface area contributed by atoms with Crippen molar-refractivity contribution >= 4 is 23.5 Å². The van der Waals surface area contributed by atoms with Crippen molar-refractivity contribution in [3.8, 4) is 5.88 Å². The van der Waals surface area contributed by atoms with Gasteiger partial charge in [0, 0.05) is 49.2 Å². The molecule has 1 saturated carbocycles. The summed E-state index contributed by atoms with van der Waals surface area (Å²) in [5.41, 5.74) is -0.472. The van der Waals surface area contributed by atoms with Crippen LogP contribution in [-0.4, -0.2) is 60.1 Å². The van der Waals surface area contributed by atoms with Gasteiger partial charge in [-0.1, -0.05) is 13.8 Å². The lowest BCUT2D eigenvalue weighted by molar-refractivity contribution is -0.139. The number of amides is 2. The van der Waals surface area contributed by atoms with Gasteiger partial charge in [-0.2, -0.15) is 9.61 Å². The molecular weight excluding hydrogens is 460 g/mol. The fourth-order valence-electron chi connectivity index (χ4n) is 5.29. The number of hydrogen-bond acceptors (Lipinski definition) is 5. The van der Waals surface area contributed by atoms with Gasteiger partial charge in [0.25, 0.3) is 17.4 Å². The summed E-state index contributed by atoms with van der Waals surface area (Å²) in [6.07, 6.45) is 6.30. The standard InChI is InChI=1S/C24H29F2N5O4/c1-13(2)12-29-21-14(3-8-18(32)30-16-6-7-17(30)10-24(25,26)9-16)11-27-31(21)23(35)19(22(29)34)20(33)28-15-4-5-15/h3,8,11,13,15-17,34H,4-7,9-10,12H2,1-2H3,(H,28,33)/b8-3+. The number of aromatic hydroxyl groups is 1. The molecule has 4 heterocycles. The van der Waals surface area contributed by atoms with Crippen LogP contribution in [0.5, 0.6) is 5.88 Å². The maximum absolute atomic E-state index is 13.9. The third-order valence-electron chi connectivity index (χ3n) is 6.95. The molecule has 5 rings (SSSR count). The average molecular weight is 490 g/mol. The fraction of sp³-hybridized carbons (Fsp3) is 0.583. The van der Waals surface area contributed by atoms with E-state index >= 15 is 0 Å². The van der Waals surface area contributed by atoms with Gasteiger partial charge in [0.15, 0.2) is 5.56 Å². The van der Waals surface area contributed by atoms with Crippen molar-refractivity contribution in [3.63, 3.8) is 0 Å². The number of nitrogens with one attached hydrogen (secondary N) is 1. The van der Waals surface area contributed by atoms with Crippen molar-refractivity contribution < 1.29 is 23.5 Å². The van der Waals surface area contributed by atoms with Crippen molar-refractivity contribution in [1.82, 2.24) is 24.4 Å². The number of alkyl halides is 2. The summed E-state index contributed by atoms with van der Waals surface area (Å²) in [7, 11) is 0. The van der Waals surface area contributed by atoms with E-state index in [1.165, 1.54) is 22.9 Å². The van der Waals surface area contributed by atoms with Crippen molar-refractivity contribution in [2.45, 2.75) is 83.0 Å². The third kappa shape index (κ3) is 4.32. The first-order valence-corrected chi connectivity index (χ1v) is 12.1. The molecule has 1 aliphatic carbocycles. The number of carbonyl (C=O) groups is 2. The highest BCUT2D eigenvalue weighted by atomic mass is 19.3. The van der Waals surface area contributed by atoms with Gasteiger partial charge in [0.05, 0.1) is 6.20 Å². The zero-order chi connectivity index (χ0) is 25.1. The summed E-state index contributed by atoms with van der Waals surface area (Å²) in [5.74, 6) is -4.15. The molecule has 2 aromatic rings. The van der Waals surface area contributed by atoms with Crippen LogP contribution in [0.3, 0.4) is 0 Å². The molecule has 3 aliphatic rings. The molecule has 2 saturated heterocycles. The lowest BCUT2D eigenvalue weighted by Gasteiger charge is -2.38. The Hall–Kier alpha value is -3.24. The lowest BCUT2D eigenvalue weighted by Crippen LogP contribution is -2.49. The molecule has 0 radical (unpaired) electrons. The summed E-state index contributed by atoms with van der Waals surface area (Å²) < 4.78 is 30.3. The molecule has 2 atom stereocenters. The predicted molar refractivity (Wildman–Crippen MR) is 123 cm³/mol. The van der Waals surface area contributed by atoms with E-state index in [0.717, 1.165) is 17.4 Å². The number of halogens is 2. The molecule has 35 heavy (non-hydrogen) atoms. The first-order valence-electron chi connectivity index (χ1n) is 12.1. The fourth-order valence-corrected chi connectivity index (χ4v) is 5.29. The van der Waals surface area contributed by atoms with E-state index in [1.54, 1.807) is 4.90 Å². The number of rotatable bonds is 6. The summed E-state index contributed by atoms with van der Waals surface area (Å²) in [4.78, 5) is 40.3. The summed E-state index contributed by atoms with van der Waals surface area (Å²) in [6.45, 7) is 4.15. The van der Waals surface area contributed by atoms with E-state index in [-0.39, 0.29) is 41.9 Å². The third-order valence-corrected chi connectivity index (χ3v) is 6.95. The maximum Gasteiger partial charge on any atom is 0.291 e. The second-order valence-corrected chi connectivity index (χ2v) is 10.3. The largest absolute Gasteiger partial charge is 0.494 e. The number of aromatic nitrogens is 3. The highest BCUT2D eigenvalue weighted by Gasteiger charge is 2.50. The van der Waals surface area contributed by atoms with Crippen molar-refractivity contribution in [2.75, 3.05) is 0 Å². The Morgan fingerprint density at radius 1 is 1.23 bits per heavy atom. The summed E-state index contributed by atoms with van der Waals surface area (Å²) in [5, 5.41) is 17.8. The van der Waals surface area contributed by atoms with Gasteiger partial charge in [-0.25, -0.2) is 8.78 Å². The molecule has 2 bridgehead atoms. The lowest BCUT2D eigenvalue weighted by atomic mass is 9.98. The van der Waals surface area contributed by atoms with E-state index in [4.69, 9.17) is 0 Å². The Bertz CT molecular complexity index is 1260. The minimum Gasteiger partial charge on any atom is -0.494 e. The van der Waals surface area contributed by atoms with Gasteiger partial charge in [-0.15, -0.1) is 0 Å². The number of hydrogen-bond donors (Lipinski definition) is 2. The molecule has 2 aromatic heterocycles. The first kappa shape index (κ1) is 23.5. The Morgan fingerprint density at radius 3 is 2.49 bits per heavy atom. The zero-order valence-corrected chi connectivity index (χ0v) is 19.7. The quantitative estimate of drug-likeness (QED) is 0.607. The van der Waals surface area contributed by atoms with Gasteiger partial charge < -0.3 is 15.3 Å². The molecular formula is C24H29F2N5O4. The number of carbonyl (C=O) groups excluding carboxylic acids is 2. The summed E-state index contributed by atoms with van der Waals surface area (Å²) in [6, 6.07) is -0.969. The van der Waals surface area contributed by atoms with Crippen molar-refractivity contribution in [3.05, 3.63) is 33.8 Å². The van der Waals surface area contributed by atoms with Crippen molar-refractivity contribution in [1.29, 1.82) is 0 Å². The topological polar surface area (TPSA) is 109 Å². The van der Waals surface area contributed by atoms with Gasteiger partial charge in [-0.3, -0.25) is 19.0 Å². The van der Waals surface area contributed by atoms with E-state index < -0.39 is 35.4 Å².